The molecule has 2 rings (SSSR count). The zero-order chi connectivity index (χ0) is 13.8. The molecule has 1 aromatic carbocycles. The first-order valence-corrected chi connectivity index (χ1v) is 5.95. The second kappa shape index (κ2) is 5.86. The number of aromatic nitrogens is 1. The summed E-state index contributed by atoms with van der Waals surface area (Å²) in [6, 6.07) is 6.31. The van der Waals surface area contributed by atoms with Gasteiger partial charge >= 0.3 is 5.97 Å². The Kier molecular flexibility index (Phi) is 4.19. The largest absolute Gasteiger partial charge is 0.478 e. The van der Waals surface area contributed by atoms with E-state index in [1.165, 1.54) is 6.07 Å². The van der Waals surface area contributed by atoms with Crippen LogP contribution in [0.2, 0.25) is 5.02 Å². The average molecular weight is 282 g/mol. The molecule has 0 amide bonds. The topological polar surface area (TPSA) is 68.7 Å². The Hall–Kier alpha value is -1.85. The molecule has 1 aromatic heterocycles. The van der Waals surface area contributed by atoms with Gasteiger partial charge in [-0.2, -0.15) is 0 Å². The molecule has 19 heavy (non-hydrogen) atoms. The van der Waals surface area contributed by atoms with E-state index in [1.807, 2.05) is 0 Å². The second-order valence-electron chi connectivity index (χ2n) is 3.79. The number of fused-ring (bicyclic) bond motifs is 1. The van der Waals surface area contributed by atoms with Crippen molar-refractivity contribution < 1.29 is 19.4 Å². The van der Waals surface area contributed by atoms with E-state index in [1.54, 1.807) is 25.3 Å². The van der Waals surface area contributed by atoms with Crippen LogP contribution in [0.5, 0.6) is 5.88 Å². The fraction of sp³-hybridized carbons (Fsp3) is 0.231. The van der Waals surface area contributed by atoms with Crippen LogP contribution in [0.4, 0.5) is 0 Å². The number of hydrogen-bond donors (Lipinski definition) is 1. The first-order chi connectivity index (χ1) is 9.13. The number of pyridine rings is 1. The van der Waals surface area contributed by atoms with Crippen molar-refractivity contribution >= 4 is 28.5 Å². The number of carboxylic acids is 1. The first kappa shape index (κ1) is 13.6. The first-order valence-electron chi connectivity index (χ1n) is 5.58. The van der Waals surface area contributed by atoms with Gasteiger partial charge in [-0.3, -0.25) is 0 Å². The number of nitrogens with zero attached hydrogens (tertiary/aromatic N) is 1. The van der Waals surface area contributed by atoms with Crippen molar-refractivity contribution in [3.05, 3.63) is 34.9 Å². The third kappa shape index (κ3) is 2.94. The monoisotopic (exact) mass is 281 g/mol. The Labute approximate surface area is 114 Å². The highest BCUT2D eigenvalue weighted by atomic mass is 35.5. The molecule has 0 saturated heterocycles. The van der Waals surface area contributed by atoms with Crippen molar-refractivity contribution in [3.8, 4) is 5.88 Å². The summed E-state index contributed by atoms with van der Waals surface area (Å²) in [7, 11) is 1.57. The van der Waals surface area contributed by atoms with Gasteiger partial charge in [0, 0.05) is 18.6 Å². The number of hydrogen-bond acceptors (Lipinski definition) is 4. The Morgan fingerprint density at radius 3 is 2.79 bits per heavy atom. The van der Waals surface area contributed by atoms with Gasteiger partial charge in [0.25, 0.3) is 0 Å². The third-order valence-corrected chi connectivity index (χ3v) is 2.88. The molecule has 0 saturated carbocycles. The quantitative estimate of drug-likeness (QED) is 0.853. The molecule has 0 fully saturated rings. The molecule has 100 valence electrons. The van der Waals surface area contributed by atoms with Crippen LogP contribution in [-0.4, -0.2) is 36.4 Å². The summed E-state index contributed by atoms with van der Waals surface area (Å²) in [6.07, 6.45) is 0. The van der Waals surface area contributed by atoms with Crippen LogP contribution in [0.25, 0.3) is 10.9 Å². The molecule has 0 spiro atoms. The Morgan fingerprint density at radius 2 is 2.11 bits per heavy atom. The van der Waals surface area contributed by atoms with E-state index >= 15 is 0 Å². The number of aromatic carboxylic acids is 1. The van der Waals surface area contributed by atoms with Gasteiger partial charge in [-0.15, -0.1) is 0 Å². The molecule has 1 N–H and O–H groups in total. The number of benzene rings is 1. The Balaban J connectivity index is 2.44. The average Bonchev–Trinajstić information content (AvgIpc) is 2.39. The minimum atomic E-state index is -1.05. The highest BCUT2D eigenvalue weighted by molar-refractivity contribution is 6.35. The van der Waals surface area contributed by atoms with Gasteiger partial charge in [0.2, 0.25) is 5.88 Å². The zero-order valence-corrected chi connectivity index (χ0v) is 11.0. The molecule has 0 aliphatic rings. The highest BCUT2D eigenvalue weighted by Gasteiger charge is 2.13. The van der Waals surface area contributed by atoms with Crippen molar-refractivity contribution in [1.82, 2.24) is 4.98 Å². The van der Waals surface area contributed by atoms with E-state index in [9.17, 15) is 4.79 Å². The van der Waals surface area contributed by atoms with Gasteiger partial charge in [0.05, 0.1) is 22.7 Å². The van der Waals surface area contributed by atoms with Gasteiger partial charge in [0.15, 0.2) is 0 Å². The molecule has 0 aliphatic heterocycles. The van der Waals surface area contributed by atoms with E-state index in [2.05, 4.69) is 4.98 Å². The lowest BCUT2D eigenvalue weighted by Crippen LogP contribution is -2.06. The van der Waals surface area contributed by atoms with Gasteiger partial charge < -0.3 is 14.6 Å². The molecule has 1 heterocycles. The lowest BCUT2D eigenvalue weighted by atomic mass is 10.1. The minimum Gasteiger partial charge on any atom is -0.478 e. The summed E-state index contributed by atoms with van der Waals surface area (Å²) >= 11 is 6.02. The summed E-state index contributed by atoms with van der Waals surface area (Å²) in [5.41, 5.74) is 0.409. The van der Waals surface area contributed by atoms with Crippen LogP contribution in [0, 0.1) is 0 Å². The van der Waals surface area contributed by atoms with Crippen LogP contribution < -0.4 is 4.74 Å². The summed E-state index contributed by atoms with van der Waals surface area (Å²) in [5.74, 6) is -0.711. The van der Waals surface area contributed by atoms with Gasteiger partial charge in [-0.05, 0) is 18.2 Å². The minimum absolute atomic E-state index is 0.0941. The van der Waals surface area contributed by atoms with Crippen molar-refractivity contribution in [1.29, 1.82) is 0 Å². The van der Waals surface area contributed by atoms with Crippen LogP contribution in [0.1, 0.15) is 10.4 Å². The molecule has 6 heteroatoms. The number of methoxy groups -OCH3 is 1. The summed E-state index contributed by atoms with van der Waals surface area (Å²) < 4.78 is 10.2. The standard InChI is InChI=1S/C13H12ClNO4/c1-18-6-7-19-11-5-3-8-10(14)4-2-9(13(16)17)12(8)15-11/h2-5H,6-7H2,1H3,(H,16,17). The van der Waals surface area contributed by atoms with E-state index in [0.717, 1.165) is 0 Å². The maximum atomic E-state index is 11.2. The number of ether oxygens (including phenoxy) is 2. The molecular weight excluding hydrogens is 270 g/mol. The smallest absolute Gasteiger partial charge is 0.337 e. The summed E-state index contributed by atoms with van der Waals surface area (Å²) in [5, 5.41) is 10.2. The van der Waals surface area contributed by atoms with E-state index in [-0.39, 0.29) is 5.56 Å². The number of rotatable bonds is 5. The molecular formula is C13H12ClNO4. The maximum absolute atomic E-state index is 11.2. The van der Waals surface area contributed by atoms with E-state index in [0.29, 0.717) is 35.0 Å². The molecule has 0 radical (unpaired) electrons. The van der Waals surface area contributed by atoms with Crippen molar-refractivity contribution in [2.24, 2.45) is 0 Å². The Morgan fingerprint density at radius 1 is 1.32 bits per heavy atom. The normalized spacial score (nSPS) is 10.6. The van der Waals surface area contributed by atoms with E-state index < -0.39 is 5.97 Å². The van der Waals surface area contributed by atoms with Gasteiger partial charge in [-0.25, -0.2) is 9.78 Å². The predicted molar refractivity (Wildman–Crippen MR) is 71.1 cm³/mol. The highest BCUT2D eigenvalue weighted by Crippen LogP contribution is 2.27. The maximum Gasteiger partial charge on any atom is 0.337 e. The van der Waals surface area contributed by atoms with E-state index in [4.69, 9.17) is 26.2 Å². The Bertz CT molecular complexity index is 615. The lowest BCUT2D eigenvalue weighted by molar-refractivity contribution is 0.0699. The van der Waals surface area contributed by atoms with Crippen LogP contribution in [0.15, 0.2) is 24.3 Å². The molecule has 0 unspecified atom stereocenters. The molecule has 2 aromatic rings. The van der Waals surface area contributed by atoms with Crippen LogP contribution in [0.3, 0.4) is 0 Å². The van der Waals surface area contributed by atoms with Crippen molar-refractivity contribution in [2.45, 2.75) is 0 Å². The van der Waals surface area contributed by atoms with Crippen LogP contribution >= 0.6 is 11.6 Å². The third-order valence-electron chi connectivity index (χ3n) is 2.55. The summed E-state index contributed by atoms with van der Waals surface area (Å²) in [4.78, 5) is 15.3. The zero-order valence-electron chi connectivity index (χ0n) is 10.2. The van der Waals surface area contributed by atoms with Gasteiger partial charge in [0.1, 0.15) is 6.61 Å². The van der Waals surface area contributed by atoms with Crippen LogP contribution in [-0.2, 0) is 4.74 Å². The number of halogens is 1. The fourth-order valence-corrected chi connectivity index (χ4v) is 1.86. The SMILES string of the molecule is COCCOc1ccc2c(Cl)ccc(C(=O)O)c2n1. The molecule has 0 atom stereocenters. The van der Waals surface area contributed by atoms with Crippen molar-refractivity contribution in [3.63, 3.8) is 0 Å². The second-order valence-corrected chi connectivity index (χ2v) is 4.19. The molecule has 0 aliphatic carbocycles. The van der Waals surface area contributed by atoms with Crippen molar-refractivity contribution in [2.75, 3.05) is 20.3 Å². The lowest BCUT2D eigenvalue weighted by Gasteiger charge is -2.08. The molecule has 5 nitrogen and oxygen atoms in total. The van der Waals surface area contributed by atoms with Gasteiger partial charge in [-0.1, -0.05) is 11.6 Å². The predicted octanol–water partition coefficient (Wildman–Crippen LogP) is 2.61. The number of carboxylic acid groups (broad SMARTS) is 1. The fourth-order valence-electron chi connectivity index (χ4n) is 1.65. The molecule has 0 bridgehead atoms. The summed E-state index contributed by atoms with van der Waals surface area (Å²) in [6.45, 7) is 0.777. The number of carbonyl (C=O) groups is 1.